The van der Waals surface area contributed by atoms with Crippen LogP contribution in [0.5, 0.6) is 0 Å². The molecular weight excluding hydrogens is 336 g/mol. The van der Waals surface area contributed by atoms with Crippen LogP contribution in [0.1, 0.15) is 20.9 Å². The lowest BCUT2D eigenvalue weighted by Gasteiger charge is -2.19. The van der Waals surface area contributed by atoms with Crippen molar-refractivity contribution in [1.82, 2.24) is 20.2 Å². The van der Waals surface area contributed by atoms with Gasteiger partial charge in [0, 0.05) is 55.3 Å². The zero-order chi connectivity index (χ0) is 17.2. The molecule has 2 aromatic rings. The summed E-state index contributed by atoms with van der Waals surface area (Å²) in [6, 6.07) is 3.56. The van der Waals surface area contributed by atoms with Gasteiger partial charge in [-0.2, -0.15) is 0 Å². The first-order chi connectivity index (χ1) is 12.2. The molecule has 1 amide bonds. The Labute approximate surface area is 151 Å². The lowest BCUT2D eigenvalue weighted by Crippen LogP contribution is -2.34. The maximum Gasteiger partial charge on any atom is 0.252 e. The van der Waals surface area contributed by atoms with E-state index in [9.17, 15) is 4.79 Å². The average molecular weight is 358 g/mol. The average Bonchev–Trinajstić information content (AvgIpc) is 3.31. The molecule has 4 heterocycles. The number of thiazole rings is 1. The van der Waals surface area contributed by atoms with Gasteiger partial charge in [-0.1, -0.05) is 0 Å². The monoisotopic (exact) mass is 358 g/mol. The number of carbonyl (C=O) groups excluding carboxylic acids is 1. The fourth-order valence-electron chi connectivity index (χ4n) is 3.72. The van der Waals surface area contributed by atoms with Gasteiger partial charge in [0.25, 0.3) is 5.91 Å². The maximum absolute atomic E-state index is 12.2. The Morgan fingerprint density at radius 3 is 3.16 bits per heavy atom. The lowest BCUT2D eigenvalue weighted by atomic mass is 9.93. The van der Waals surface area contributed by atoms with E-state index >= 15 is 0 Å². The quantitative estimate of drug-likeness (QED) is 0.882. The number of rotatable bonds is 5. The van der Waals surface area contributed by atoms with Gasteiger partial charge in [0.2, 0.25) is 0 Å². The van der Waals surface area contributed by atoms with Crippen LogP contribution in [0, 0.1) is 18.8 Å². The van der Waals surface area contributed by atoms with Gasteiger partial charge in [0.15, 0.2) is 0 Å². The van der Waals surface area contributed by atoms with Gasteiger partial charge in [-0.25, -0.2) is 4.98 Å². The first-order valence-corrected chi connectivity index (χ1v) is 9.50. The number of pyridine rings is 1. The summed E-state index contributed by atoms with van der Waals surface area (Å²) in [5.74, 6) is 0.798. The van der Waals surface area contributed by atoms with Crippen LogP contribution in [-0.2, 0) is 11.3 Å². The molecule has 2 aliphatic heterocycles. The van der Waals surface area contributed by atoms with E-state index in [1.807, 2.05) is 5.51 Å². The molecule has 1 N–H and O–H groups in total. The zero-order valence-electron chi connectivity index (χ0n) is 14.2. The first kappa shape index (κ1) is 16.6. The van der Waals surface area contributed by atoms with Gasteiger partial charge >= 0.3 is 0 Å². The van der Waals surface area contributed by atoms with E-state index in [1.165, 1.54) is 4.88 Å². The molecule has 0 unspecified atom stereocenters. The Morgan fingerprint density at radius 1 is 1.48 bits per heavy atom. The van der Waals surface area contributed by atoms with E-state index in [4.69, 9.17) is 4.74 Å². The number of nitrogens with one attached hydrogen (secondary N) is 1. The number of ether oxygens (including phenoxy) is 1. The number of carbonyl (C=O) groups is 1. The summed E-state index contributed by atoms with van der Waals surface area (Å²) in [7, 11) is 0. The zero-order valence-corrected chi connectivity index (χ0v) is 15.0. The second-order valence-electron chi connectivity index (χ2n) is 6.80. The smallest absolute Gasteiger partial charge is 0.252 e. The van der Waals surface area contributed by atoms with E-state index in [1.54, 1.807) is 35.9 Å². The Bertz CT molecular complexity index is 736. The summed E-state index contributed by atoms with van der Waals surface area (Å²) >= 11 is 1.72. The Balaban J connectivity index is 1.31. The largest absolute Gasteiger partial charge is 0.376 e. The van der Waals surface area contributed by atoms with Crippen molar-refractivity contribution < 1.29 is 9.53 Å². The van der Waals surface area contributed by atoms with Crippen LogP contribution >= 0.6 is 11.3 Å². The number of amides is 1. The molecule has 3 atom stereocenters. The highest BCUT2D eigenvalue weighted by molar-refractivity contribution is 7.09. The van der Waals surface area contributed by atoms with Gasteiger partial charge in [-0.15, -0.1) is 11.3 Å². The van der Waals surface area contributed by atoms with E-state index in [2.05, 4.69) is 27.1 Å². The molecule has 0 bridgehead atoms. The minimum Gasteiger partial charge on any atom is -0.376 e. The fraction of sp³-hybridized carbons (Fsp3) is 0.500. The highest BCUT2D eigenvalue weighted by Crippen LogP contribution is 2.34. The van der Waals surface area contributed by atoms with Crippen LogP contribution in [-0.4, -0.2) is 53.1 Å². The molecule has 6 nitrogen and oxygen atoms in total. The van der Waals surface area contributed by atoms with Crippen LogP contribution in [0.2, 0.25) is 0 Å². The minimum absolute atomic E-state index is 0.0633. The third-order valence-corrected chi connectivity index (χ3v) is 6.10. The number of aromatic nitrogens is 2. The first-order valence-electron chi connectivity index (χ1n) is 8.62. The molecule has 0 saturated carbocycles. The van der Waals surface area contributed by atoms with Gasteiger partial charge < -0.3 is 10.1 Å². The van der Waals surface area contributed by atoms with Crippen LogP contribution in [0.25, 0.3) is 0 Å². The molecule has 2 aromatic heterocycles. The second kappa shape index (κ2) is 7.19. The molecule has 0 aromatic carbocycles. The standard InChI is InChI=1S/C18H22N4O2S/c1-12-17(25-11-21-12)9-22-7-15-14(10-24-16(15)8-22)6-20-18(23)13-3-2-4-19-5-13/h2-5,11,14-16H,6-10H2,1H3,(H,20,23)/t14-,15+,16+/m0/s1. The Hall–Kier alpha value is -1.83. The summed E-state index contributed by atoms with van der Waals surface area (Å²) < 4.78 is 5.99. The van der Waals surface area contributed by atoms with Crippen LogP contribution in [0.4, 0.5) is 0 Å². The molecule has 132 valence electrons. The summed E-state index contributed by atoms with van der Waals surface area (Å²) in [6.07, 6.45) is 3.55. The summed E-state index contributed by atoms with van der Waals surface area (Å²) in [5, 5.41) is 3.04. The topological polar surface area (TPSA) is 67.4 Å². The van der Waals surface area contributed by atoms with Crippen molar-refractivity contribution in [1.29, 1.82) is 0 Å². The summed E-state index contributed by atoms with van der Waals surface area (Å²) in [5.41, 5.74) is 3.64. The van der Waals surface area contributed by atoms with E-state index in [0.717, 1.165) is 31.9 Å². The normalized spacial score (nSPS) is 25.9. The molecule has 4 rings (SSSR count). The van der Waals surface area contributed by atoms with Gasteiger partial charge in [0.05, 0.1) is 29.5 Å². The fourth-order valence-corrected chi connectivity index (χ4v) is 4.54. The van der Waals surface area contributed by atoms with Crippen LogP contribution in [0.15, 0.2) is 30.0 Å². The van der Waals surface area contributed by atoms with Crippen molar-refractivity contribution in [2.24, 2.45) is 11.8 Å². The maximum atomic E-state index is 12.2. The number of nitrogens with zero attached hydrogens (tertiary/aromatic N) is 3. The highest BCUT2D eigenvalue weighted by Gasteiger charge is 2.43. The lowest BCUT2D eigenvalue weighted by molar-refractivity contribution is 0.0904. The molecule has 2 aliphatic rings. The Morgan fingerprint density at radius 2 is 2.40 bits per heavy atom. The SMILES string of the molecule is Cc1ncsc1CN1C[C@@H]2[C@@H](CNC(=O)c3cccnc3)CO[C@@H]2C1. The molecule has 2 fully saturated rings. The van der Waals surface area contributed by atoms with Gasteiger partial charge in [0.1, 0.15) is 0 Å². The third-order valence-electron chi connectivity index (χ3n) is 5.18. The van der Waals surface area contributed by atoms with Crippen molar-refractivity contribution in [3.8, 4) is 0 Å². The second-order valence-corrected chi connectivity index (χ2v) is 7.74. The molecule has 7 heteroatoms. The molecule has 0 radical (unpaired) electrons. The molecule has 2 saturated heterocycles. The summed E-state index contributed by atoms with van der Waals surface area (Å²) in [6.45, 7) is 6.39. The van der Waals surface area contributed by atoms with Gasteiger partial charge in [-0.05, 0) is 19.1 Å². The van der Waals surface area contributed by atoms with Crippen molar-refractivity contribution in [3.05, 3.63) is 46.2 Å². The summed E-state index contributed by atoms with van der Waals surface area (Å²) in [4.78, 5) is 24.3. The Kier molecular flexibility index (Phi) is 4.78. The van der Waals surface area contributed by atoms with Crippen molar-refractivity contribution in [3.63, 3.8) is 0 Å². The predicted molar refractivity (Wildman–Crippen MR) is 95.4 cm³/mol. The molecular formula is C18H22N4O2S. The number of hydrogen-bond acceptors (Lipinski definition) is 6. The van der Waals surface area contributed by atoms with Crippen molar-refractivity contribution in [2.75, 3.05) is 26.2 Å². The predicted octanol–water partition coefficient (Wildman–Crippen LogP) is 1.72. The number of likely N-dealkylation sites (tertiary alicyclic amines) is 1. The number of aryl methyl sites for hydroxylation is 1. The third kappa shape index (κ3) is 3.58. The molecule has 0 spiro atoms. The van der Waals surface area contributed by atoms with E-state index in [0.29, 0.717) is 23.9 Å². The molecule has 25 heavy (non-hydrogen) atoms. The van der Waals surface area contributed by atoms with Crippen molar-refractivity contribution >= 4 is 17.2 Å². The van der Waals surface area contributed by atoms with E-state index in [-0.39, 0.29) is 12.0 Å². The van der Waals surface area contributed by atoms with Crippen LogP contribution < -0.4 is 5.32 Å². The highest BCUT2D eigenvalue weighted by atomic mass is 32.1. The van der Waals surface area contributed by atoms with Crippen molar-refractivity contribution in [2.45, 2.75) is 19.6 Å². The number of hydrogen-bond donors (Lipinski definition) is 1. The minimum atomic E-state index is -0.0633. The van der Waals surface area contributed by atoms with E-state index < -0.39 is 0 Å². The van der Waals surface area contributed by atoms with Gasteiger partial charge in [-0.3, -0.25) is 14.7 Å². The van der Waals surface area contributed by atoms with Crippen LogP contribution in [0.3, 0.4) is 0 Å². The molecule has 0 aliphatic carbocycles. The number of fused-ring (bicyclic) bond motifs is 1.